The molecular weight excluding hydrogens is 472 g/mol. The van der Waals surface area contributed by atoms with Gasteiger partial charge >= 0.3 is 5.97 Å². The topological polar surface area (TPSA) is 115 Å². The van der Waals surface area contributed by atoms with Crippen LogP contribution in [-0.2, 0) is 16.1 Å². The molecule has 0 spiro atoms. The first kappa shape index (κ1) is 25.5. The predicted molar refractivity (Wildman–Crippen MR) is 129 cm³/mol. The Hall–Kier alpha value is -4.16. The molecule has 1 amide bonds. The minimum Gasteiger partial charge on any atom is -0.492 e. The van der Waals surface area contributed by atoms with Crippen molar-refractivity contribution >= 4 is 29.2 Å². The van der Waals surface area contributed by atoms with Gasteiger partial charge in [-0.3, -0.25) is 9.59 Å². The van der Waals surface area contributed by atoms with E-state index < -0.39 is 24.0 Å². The number of ether oxygens (including phenoxy) is 2. The number of carbonyl (C=O) groups is 2. The summed E-state index contributed by atoms with van der Waals surface area (Å²) in [6.07, 6.45) is 0.0962. The van der Waals surface area contributed by atoms with E-state index in [1.165, 1.54) is 17.0 Å². The van der Waals surface area contributed by atoms with Crippen LogP contribution in [0.3, 0.4) is 0 Å². The third kappa shape index (κ3) is 7.16. The van der Waals surface area contributed by atoms with E-state index in [-0.39, 0.29) is 31.8 Å². The summed E-state index contributed by atoms with van der Waals surface area (Å²) in [5, 5.41) is 13.5. The third-order valence-electron chi connectivity index (χ3n) is 4.92. The van der Waals surface area contributed by atoms with Crippen molar-refractivity contribution in [2.24, 2.45) is 0 Å². The highest BCUT2D eigenvalue weighted by atomic mass is 35.5. The number of rotatable bonds is 10. The van der Waals surface area contributed by atoms with Gasteiger partial charge in [0.25, 0.3) is 11.5 Å². The molecule has 0 aliphatic carbocycles. The van der Waals surface area contributed by atoms with Gasteiger partial charge in [0.05, 0.1) is 19.0 Å². The van der Waals surface area contributed by atoms with Crippen LogP contribution >= 0.6 is 11.6 Å². The molecule has 0 fully saturated rings. The number of anilines is 1. The van der Waals surface area contributed by atoms with Crippen LogP contribution in [0.15, 0.2) is 65.5 Å². The summed E-state index contributed by atoms with van der Waals surface area (Å²) in [4.78, 5) is 38.8. The van der Waals surface area contributed by atoms with Crippen molar-refractivity contribution in [2.45, 2.75) is 19.9 Å². The van der Waals surface area contributed by atoms with Crippen LogP contribution < -0.4 is 15.2 Å². The van der Waals surface area contributed by atoms with Gasteiger partial charge in [0.1, 0.15) is 12.4 Å². The number of nitriles is 1. The van der Waals surface area contributed by atoms with E-state index in [2.05, 4.69) is 5.10 Å². The van der Waals surface area contributed by atoms with Crippen molar-refractivity contribution in [3.8, 4) is 11.8 Å². The molecule has 0 unspecified atom stereocenters. The van der Waals surface area contributed by atoms with E-state index in [1.807, 2.05) is 24.3 Å². The zero-order chi connectivity index (χ0) is 25.2. The molecule has 3 rings (SSSR count). The van der Waals surface area contributed by atoms with Gasteiger partial charge in [-0.25, -0.2) is 9.48 Å². The van der Waals surface area contributed by atoms with Crippen LogP contribution in [-0.4, -0.2) is 41.4 Å². The van der Waals surface area contributed by atoms with E-state index in [4.69, 9.17) is 26.3 Å². The van der Waals surface area contributed by atoms with E-state index in [1.54, 1.807) is 37.3 Å². The molecule has 1 heterocycles. The van der Waals surface area contributed by atoms with Crippen molar-refractivity contribution in [3.05, 3.63) is 87.3 Å². The quantitative estimate of drug-likeness (QED) is 0.397. The highest BCUT2D eigenvalue weighted by Gasteiger charge is 2.20. The average Bonchev–Trinajstić information content (AvgIpc) is 2.86. The highest BCUT2D eigenvalue weighted by molar-refractivity contribution is 6.31. The number of amides is 1. The van der Waals surface area contributed by atoms with Gasteiger partial charge in [-0.15, -0.1) is 0 Å². The maximum atomic E-state index is 12.8. The van der Waals surface area contributed by atoms with E-state index in [9.17, 15) is 14.4 Å². The molecule has 10 heteroatoms. The molecule has 0 radical (unpaired) electrons. The summed E-state index contributed by atoms with van der Waals surface area (Å²) < 4.78 is 11.8. The van der Waals surface area contributed by atoms with Gasteiger partial charge in [-0.05, 0) is 48.9 Å². The zero-order valence-corrected chi connectivity index (χ0v) is 19.8. The summed E-state index contributed by atoms with van der Waals surface area (Å²) in [6.45, 7) is 1.64. The van der Waals surface area contributed by atoms with Crippen LogP contribution in [0.2, 0.25) is 5.02 Å². The van der Waals surface area contributed by atoms with Gasteiger partial charge < -0.3 is 14.4 Å². The second kappa shape index (κ2) is 12.3. The molecule has 0 atom stereocenters. The number of aromatic nitrogens is 2. The van der Waals surface area contributed by atoms with Crippen molar-refractivity contribution in [3.63, 3.8) is 0 Å². The van der Waals surface area contributed by atoms with E-state index in [0.717, 1.165) is 10.2 Å². The van der Waals surface area contributed by atoms with Crippen LogP contribution in [0, 0.1) is 18.3 Å². The number of hydrogen-bond donors (Lipinski definition) is 0. The summed E-state index contributed by atoms with van der Waals surface area (Å²) >= 11 is 6.06. The van der Waals surface area contributed by atoms with Crippen LogP contribution in [0.1, 0.15) is 22.5 Å². The maximum Gasteiger partial charge on any atom is 0.359 e. The Morgan fingerprint density at radius 1 is 1.14 bits per heavy atom. The largest absolute Gasteiger partial charge is 0.492 e. The normalized spacial score (nSPS) is 10.3. The Morgan fingerprint density at radius 3 is 2.63 bits per heavy atom. The first-order chi connectivity index (χ1) is 16.9. The standard InChI is InChI=1S/C25H23ClN4O5/c1-18-16-19(8-9-21(18)26)29(13-5-12-27)24(32)17-35-25(33)22-10-11-23(31)30(28-22)14-15-34-20-6-3-2-4-7-20/h2-4,6-11,16H,5,13-15,17H2,1H3. The summed E-state index contributed by atoms with van der Waals surface area (Å²) in [5.74, 6) is -0.727. The second-order valence-electron chi connectivity index (χ2n) is 7.40. The molecule has 0 aliphatic rings. The monoisotopic (exact) mass is 494 g/mol. The van der Waals surface area contributed by atoms with E-state index >= 15 is 0 Å². The Labute approximate surface area is 207 Å². The first-order valence-electron chi connectivity index (χ1n) is 10.8. The lowest BCUT2D eigenvalue weighted by atomic mass is 10.2. The molecule has 0 saturated heterocycles. The van der Waals surface area contributed by atoms with Crippen molar-refractivity contribution in [1.82, 2.24) is 9.78 Å². The molecule has 3 aromatic rings. The van der Waals surface area contributed by atoms with Crippen molar-refractivity contribution < 1.29 is 19.1 Å². The predicted octanol–water partition coefficient (Wildman–Crippen LogP) is 3.39. The third-order valence-corrected chi connectivity index (χ3v) is 5.34. The van der Waals surface area contributed by atoms with Gasteiger partial charge in [0, 0.05) is 23.3 Å². The molecule has 0 bridgehead atoms. The smallest absolute Gasteiger partial charge is 0.359 e. The molecule has 35 heavy (non-hydrogen) atoms. The van der Waals surface area contributed by atoms with Gasteiger partial charge in [0.15, 0.2) is 12.3 Å². The highest BCUT2D eigenvalue weighted by Crippen LogP contribution is 2.23. The Bertz CT molecular complexity index is 1290. The Balaban J connectivity index is 1.63. The minimum absolute atomic E-state index is 0.0962. The molecule has 0 aliphatic heterocycles. The Kier molecular flexibility index (Phi) is 8.98. The first-order valence-corrected chi connectivity index (χ1v) is 11.1. The lowest BCUT2D eigenvalue weighted by Gasteiger charge is -2.22. The molecule has 0 N–H and O–H groups in total. The van der Waals surface area contributed by atoms with Crippen LogP contribution in [0.4, 0.5) is 5.69 Å². The van der Waals surface area contributed by atoms with Gasteiger partial charge in [-0.1, -0.05) is 29.8 Å². The number of esters is 1. The number of carbonyl (C=O) groups excluding carboxylic acids is 2. The molecule has 2 aromatic carbocycles. The summed E-state index contributed by atoms with van der Waals surface area (Å²) in [7, 11) is 0. The van der Waals surface area contributed by atoms with Crippen LogP contribution in [0.5, 0.6) is 5.75 Å². The summed E-state index contributed by atoms with van der Waals surface area (Å²) in [6, 6.07) is 18.5. The second-order valence-corrected chi connectivity index (χ2v) is 7.81. The number of halogens is 1. The number of para-hydroxylation sites is 1. The van der Waals surface area contributed by atoms with Crippen molar-refractivity contribution in [1.29, 1.82) is 5.26 Å². The van der Waals surface area contributed by atoms with Crippen molar-refractivity contribution in [2.75, 3.05) is 24.7 Å². The number of benzene rings is 2. The lowest BCUT2D eigenvalue weighted by molar-refractivity contribution is -0.121. The Morgan fingerprint density at radius 2 is 1.91 bits per heavy atom. The molecule has 9 nitrogen and oxygen atoms in total. The fourth-order valence-corrected chi connectivity index (χ4v) is 3.24. The number of nitrogens with zero attached hydrogens (tertiary/aromatic N) is 4. The zero-order valence-electron chi connectivity index (χ0n) is 19.0. The van der Waals surface area contributed by atoms with Gasteiger partial charge in [0.2, 0.25) is 0 Å². The molecule has 180 valence electrons. The fraction of sp³-hybridized carbons (Fsp3) is 0.240. The molecular formula is C25H23ClN4O5. The molecule has 0 saturated carbocycles. The van der Waals surface area contributed by atoms with Gasteiger partial charge in [-0.2, -0.15) is 10.4 Å². The van der Waals surface area contributed by atoms with Crippen LogP contribution in [0.25, 0.3) is 0 Å². The average molecular weight is 495 g/mol. The number of hydrogen-bond acceptors (Lipinski definition) is 7. The summed E-state index contributed by atoms with van der Waals surface area (Å²) in [5.41, 5.74) is 0.769. The fourth-order valence-electron chi connectivity index (χ4n) is 3.12. The SMILES string of the molecule is Cc1cc(N(CCC#N)C(=O)COC(=O)c2ccc(=O)n(CCOc3ccccc3)n2)ccc1Cl. The molecule has 1 aromatic heterocycles. The maximum absolute atomic E-state index is 12.8. The minimum atomic E-state index is -0.858. The number of aryl methyl sites for hydroxylation is 1. The lowest BCUT2D eigenvalue weighted by Crippen LogP contribution is -2.36. The van der Waals surface area contributed by atoms with E-state index in [0.29, 0.717) is 16.5 Å².